The Kier molecular flexibility index (Phi) is 4.59. The maximum absolute atomic E-state index is 12.5. The highest BCUT2D eigenvalue weighted by Gasteiger charge is 2.22. The number of carbonyl (C=O) groups is 1. The number of hydrogen-bond donors (Lipinski definition) is 0. The molecule has 0 N–H and O–H groups in total. The summed E-state index contributed by atoms with van der Waals surface area (Å²) >= 11 is 9.32. The molecule has 1 atom stereocenters. The molecular formula is C16H11BrClNO. The molecule has 0 fully saturated rings. The van der Waals surface area contributed by atoms with Crippen molar-refractivity contribution in [1.82, 2.24) is 0 Å². The van der Waals surface area contributed by atoms with Crippen LogP contribution in [0.5, 0.6) is 0 Å². The van der Waals surface area contributed by atoms with Gasteiger partial charge in [-0.1, -0.05) is 39.7 Å². The molecule has 0 aromatic heterocycles. The van der Waals surface area contributed by atoms with Crippen LogP contribution in [0, 0.1) is 18.3 Å². The van der Waals surface area contributed by atoms with Crippen LogP contribution in [0.15, 0.2) is 46.9 Å². The minimum atomic E-state index is -0.828. The van der Waals surface area contributed by atoms with Crippen LogP contribution in [0.2, 0.25) is 5.02 Å². The van der Waals surface area contributed by atoms with Gasteiger partial charge in [-0.15, -0.1) is 0 Å². The maximum atomic E-state index is 12.5. The van der Waals surface area contributed by atoms with E-state index < -0.39 is 5.92 Å². The van der Waals surface area contributed by atoms with Gasteiger partial charge in [0.1, 0.15) is 5.92 Å². The lowest BCUT2D eigenvalue weighted by atomic mass is 9.91. The summed E-state index contributed by atoms with van der Waals surface area (Å²) in [5, 5.41) is 9.82. The van der Waals surface area contributed by atoms with Crippen LogP contribution in [0.4, 0.5) is 0 Å². The van der Waals surface area contributed by atoms with Gasteiger partial charge in [-0.3, -0.25) is 4.79 Å². The molecule has 0 saturated heterocycles. The van der Waals surface area contributed by atoms with E-state index in [0.717, 1.165) is 10.0 Å². The third kappa shape index (κ3) is 3.27. The summed E-state index contributed by atoms with van der Waals surface area (Å²) in [4.78, 5) is 12.5. The first-order chi connectivity index (χ1) is 9.51. The van der Waals surface area contributed by atoms with Gasteiger partial charge in [-0.05, 0) is 48.4 Å². The highest BCUT2D eigenvalue weighted by atomic mass is 79.9. The van der Waals surface area contributed by atoms with Crippen molar-refractivity contribution in [2.24, 2.45) is 0 Å². The number of benzene rings is 2. The molecule has 2 aromatic rings. The lowest BCUT2D eigenvalue weighted by Crippen LogP contribution is -2.11. The van der Waals surface area contributed by atoms with E-state index in [1.165, 1.54) is 0 Å². The molecule has 20 heavy (non-hydrogen) atoms. The predicted molar refractivity (Wildman–Crippen MR) is 83.0 cm³/mol. The van der Waals surface area contributed by atoms with Gasteiger partial charge in [0.05, 0.1) is 6.07 Å². The first kappa shape index (κ1) is 14.8. The Hall–Kier alpha value is -1.63. The third-order valence-electron chi connectivity index (χ3n) is 2.90. The van der Waals surface area contributed by atoms with Crippen LogP contribution >= 0.6 is 27.5 Å². The Morgan fingerprint density at radius 2 is 2.05 bits per heavy atom. The largest absolute Gasteiger partial charge is 0.292 e. The maximum Gasteiger partial charge on any atom is 0.184 e. The van der Waals surface area contributed by atoms with E-state index in [0.29, 0.717) is 16.1 Å². The molecule has 0 aliphatic heterocycles. The first-order valence-electron chi connectivity index (χ1n) is 5.98. The average molecular weight is 349 g/mol. The molecule has 100 valence electrons. The van der Waals surface area contributed by atoms with E-state index in [4.69, 9.17) is 11.6 Å². The number of carbonyl (C=O) groups excluding carboxylic acids is 1. The first-order valence-corrected chi connectivity index (χ1v) is 7.15. The van der Waals surface area contributed by atoms with Crippen molar-refractivity contribution in [3.05, 3.63) is 68.7 Å². The topological polar surface area (TPSA) is 40.9 Å². The van der Waals surface area contributed by atoms with Crippen LogP contribution < -0.4 is 0 Å². The minimum absolute atomic E-state index is 0.240. The van der Waals surface area contributed by atoms with Gasteiger partial charge in [0.2, 0.25) is 0 Å². The number of halogens is 2. The van der Waals surface area contributed by atoms with E-state index in [1.807, 2.05) is 13.0 Å². The van der Waals surface area contributed by atoms with Gasteiger partial charge in [0.25, 0.3) is 0 Å². The fourth-order valence-electron chi connectivity index (χ4n) is 2.02. The second kappa shape index (κ2) is 6.21. The molecule has 0 radical (unpaired) electrons. The van der Waals surface area contributed by atoms with Crippen LogP contribution in [0.3, 0.4) is 0 Å². The quantitative estimate of drug-likeness (QED) is 0.740. The summed E-state index contributed by atoms with van der Waals surface area (Å²) in [6.45, 7) is 1.86. The van der Waals surface area contributed by atoms with Crippen LogP contribution in [0.25, 0.3) is 0 Å². The molecule has 2 rings (SSSR count). The van der Waals surface area contributed by atoms with Crippen LogP contribution in [0.1, 0.15) is 27.4 Å². The smallest absolute Gasteiger partial charge is 0.184 e. The summed E-state index contributed by atoms with van der Waals surface area (Å²) in [6.07, 6.45) is 0. The summed E-state index contributed by atoms with van der Waals surface area (Å²) in [5.41, 5.74) is 2.03. The molecule has 0 amide bonds. The molecule has 0 bridgehead atoms. The van der Waals surface area contributed by atoms with E-state index >= 15 is 0 Å². The van der Waals surface area contributed by atoms with E-state index in [-0.39, 0.29) is 5.78 Å². The van der Waals surface area contributed by atoms with Crippen molar-refractivity contribution >= 4 is 33.3 Å². The zero-order valence-corrected chi connectivity index (χ0v) is 13.1. The Balaban J connectivity index is 2.42. The van der Waals surface area contributed by atoms with Gasteiger partial charge in [-0.25, -0.2) is 0 Å². The van der Waals surface area contributed by atoms with Crippen molar-refractivity contribution in [3.8, 4) is 6.07 Å². The van der Waals surface area contributed by atoms with Crippen LogP contribution in [-0.4, -0.2) is 5.78 Å². The summed E-state index contributed by atoms with van der Waals surface area (Å²) in [5.74, 6) is -1.07. The zero-order chi connectivity index (χ0) is 14.7. The summed E-state index contributed by atoms with van der Waals surface area (Å²) in [7, 11) is 0. The monoisotopic (exact) mass is 347 g/mol. The predicted octanol–water partition coefficient (Wildman–Crippen LogP) is 4.90. The van der Waals surface area contributed by atoms with E-state index in [2.05, 4.69) is 22.0 Å². The Labute approximate surface area is 131 Å². The van der Waals surface area contributed by atoms with Crippen molar-refractivity contribution in [3.63, 3.8) is 0 Å². The molecule has 2 aromatic carbocycles. The zero-order valence-electron chi connectivity index (χ0n) is 10.7. The molecule has 0 spiro atoms. The van der Waals surface area contributed by atoms with Crippen molar-refractivity contribution in [1.29, 1.82) is 5.26 Å². The SMILES string of the molecule is Cc1cc(Cl)cc(C(=O)C(C#N)c2cccc(Br)c2)c1. The van der Waals surface area contributed by atoms with Crippen LogP contribution in [-0.2, 0) is 0 Å². The highest BCUT2D eigenvalue weighted by Crippen LogP contribution is 2.25. The molecule has 0 aliphatic carbocycles. The fourth-order valence-corrected chi connectivity index (χ4v) is 2.72. The number of nitrogens with zero attached hydrogens (tertiary/aromatic N) is 1. The van der Waals surface area contributed by atoms with Gasteiger partial charge >= 0.3 is 0 Å². The van der Waals surface area contributed by atoms with Gasteiger partial charge in [0.15, 0.2) is 5.78 Å². The molecular weight excluding hydrogens is 338 g/mol. The molecule has 4 heteroatoms. The van der Waals surface area contributed by atoms with E-state index in [1.54, 1.807) is 36.4 Å². The Morgan fingerprint density at radius 1 is 1.30 bits per heavy atom. The molecule has 0 aliphatic rings. The molecule has 0 saturated carbocycles. The van der Waals surface area contributed by atoms with Crippen molar-refractivity contribution < 1.29 is 4.79 Å². The summed E-state index contributed by atoms with van der Waals surface area (Å²) in [6, 6.07) is 14.4. The Morgan fingerprint density at radius 3 is 2.65 bits per heavy atom. The third-order valence-corrected chi connectivity index (χ3v) is 3.61. The van der Waals surface area contributed by atoms with Gasteiger partial charge in [-0.2, -0.15) is 5.26 Å². The van der Waals surface area contributed by atoms with Crippen molar-refractivity contribution in [2.45, 2.75) is 12.8 Å². The second-order valence-corrected chi connectivity index (χ2v) is 5.85. The number of aryl methyl sites for hydroxylation is 1. The molecule has 2 nitrogen and oxygen atoms in total. The number of rotatable bonds is 3. The lowest BCUT2D eigenvalue weighted by molar-refractivity contribution is 0.0979. The Bertz CT molecular complexity index is 686. The lowest BCUT2D eigenvalue weighted by Gasteiger charge is -2.10. The number of nitriles is 1. The molecule has 0 heterocycles. The second-order valence-electron chi connectivity index (χ2n) is 4.50. The number of Topliss-reactive ketones (excluding diaryl/α,β-unsaturated/α-hetero) is 1. The number of hydrogen-bond acceptors (Lipinski definition) is 2. The summed E-state index contributed by atoms with van der Waals surface area (Å²) < 4.78 is 0.838. The minimum Gasteiger partial charge on any atom is -0.292 e. The van der Waals surface area contributed by atoms with Gasteiger partial charge < -0.3 is 0 Å². The average Bonchev–Trinajstić information content (AvgIpc) is 2.38. The molecule has 1 unspecified atom stereocenters. The van der Waals surface area contributed by atoms with Gasteiger partial charge in [0, 0.05) is 15.1 Å². The number of ketones is 1. The normalized spacial score (nSPS) is 11.7. The van der Waals surface area contributed by atoms with Crippen molar-refractivity contribution in [2.75, 3.05) is 0 Å². The van der Waals surface area contributed by atoms with E-state index in [9.17, 15) is 10.1 Å². The standard InChI is InChI=1S/C16H11BrClNO/c1-10-5-12(8-14(18)6-10)16(20)15(9-19)11-3-2-4-13(17)7-11/h2-8,15H,1H3. The highest BCUT2D eigenvalue weighted by molar-refractivity contribution is 9.10. The fraction of sp³-hybridized carbons (Fsp3) is 0.125.